The first kappa shape index (κ1) is 105. The zero-order valence-electron chi connectivity index (χ0n) is 89.3. The highest BCUT2D eigenvalue weighted by Gasteiger charge is 2.37. The second kappa shape index (κ2) is 50.3. The average molecular weight is 1980 g/mol. The molecule has 0 spiro atoms. The Morgan fingerprint density at radius 3 is 1.18 bits per heavy atom. The zero-order chi connectivity index (χ0) is 101. The number of likely N-dealkylation sites (N-methyl/N-ethyl adjacent to an activating group) is 3. The summed E-state index contributed by atoms with van der Waals surface area (Å²) in [6.07, 6.45) is 24.8. The van der Waals surface area contributed by atoms with E-state index in [9.17, 15) is 5.11 Å². The number of morpholine rings is 1. The van der Waals surface area contributed by atoms with Crippen molar-refractivity contribution in [2.75, 3.05) is 223 Å². The van der Waals surface area contributed by atoms with Gasteiger partial charge in [0, 0.05) is 218 Å². The fourth-order valence-electron chi connectivity index (χ4n) is 23.5. The Hall–Kier alpha value is -11.1. The number of aryl methyl sites for hydroxylation is 8. The van der Waals surface area contributed by atoms with Crippen molar-refractivity contribution in [2.24, 2.45) is 0 Å². The molecule has 2 N–H and O–H groups in total. The van der Waals surface area contributed by atoms with Gasteiger partial charge in [0.1, 0.15) is 57.9 Å². The van der Waals surface area contributed by atoms with Gasteiger partial charge in [-0.05, 0) is 283 Å². The number of aliphatic hydroxyl groups is 1. The number of hydrogen-bond donors (Lipinski definition) is 2. The lowest BCUT2D eigenvalue weighted by Crippen LogP contribution is -2.49. The van der Waals surface area contributed by atoms with Crippen LogP contribution in [0.4, 0.5) is 29.1 Å². The number of aromatic nitrogens is 15. The van der Waals surface area contributed by atoms with Crippen molar-refractivity contribution >= 4 is 40.4 Å². The van der Waals surface area contributed by atoms with Crippen LogP contribution in [0.2, 0.25) is 0 Å². The van der Waals surface area contributed by atoms with E-state index >= 15 is 0 Å². The SMILES string of the molecule is Cc1cccnc1[C@@H]1CCCN1Cc1cn2c(N3CCN(C)CC3)cccc2n1.Cc1cccnc1[C@@H]1CCCN1Cc1nc2cccc(N3CCN(C)CC3)n2c1CO.Cc1nc(CN2CCC[C@H]2c2ncccc2C)cc(N2CCCN(C)CC2)n1.Cc1nc(CN2CCC[C@H]2c2ncccc2C)cc(N2CCN(C(C)C)CC2)n1.Cc1nc(CN2CCC[C@H]2c2ncccc2C)cc(NCCN2CCOCC2)n1. The van der Waals surface area contributed by atoms with Crippen molar-refractivity contribution in [3.05, 3.63) is 260 Å². The van der Waals surface area contributed by atoms with E-state index in [-0.39, 0.29) is 6.61 Å². The van der Waals surface area contributed by atoms with Crippen LogP contribution in [-0.2, 0) is 44.1 Å². The Labute approximate surface area is 866 Å². The van der Waals surface area contributed by atoms with Crippen LogP contribution in [0.1, 0.15) is 223 Å². The minimum absolute atomic E-state index is 0.0115. The van der Waals surface area contributed by atoms with Gasteiger partial charge < -0.3 is 49.5 Å². The maximum Gasteiger partial charge on any atom is 0.138 e. The summed E-state index contributed by atoms with van der Waals surface area (Å²) in [5.41, 5.74) is 20.7. The lowest BCUT2D eigenvalue weighted by molar-refractivity contribution is 0.0398. The molecule has 5 atom stereocenters. The first-order valence-electron chi connectivity index (χ1n) is 54.4. The van der Waals surface area contributed by atoms with Crippen LogP contribution in [0.5, 0.6) is 0 Å². The molecule has 0 unspecified atom stereocenters. The van der Waals surface area contributed by atoms with E-state index in [0.29, 0.717) is 36.3 Å². The van der Waals surface area contributed by atoms with E-state index in [4.69, 9.17) is 59.6 Å². The fourth-order valence-corrected chi connectivity index (χ4v) is 23.5. The zero-order valence-corrected chi connectivity index (χ0v) is 89.3. The maximum atomic E-state index is 10.4. The van der Waals surface area contributed by atoms with Gasteiger partial charge in [-0.15, -0.1) is 0 Å². The van der Waals surface area contributed by atoms with Gasteiger partial charge in [0.05, 0.1) is 113 Å². The lowest BCUT2D eigenvalue weighted by Gasteiger charge is -2.37. The molecule has 32 nitrogen and oxygen atoms in total. The molecule has 10 aliphatic rings. The quantitative estimate of drug-likeness (QED) is 0.0538. The van der Waals surface area contributed by atoms with Gasteiger partial charge in [0.2, 0.25) is 0 Å². The number of nitrogens with one attached hydrogen (secondary N) is 1. The largest absolute Gasteiger partial charge is 0.390 e. The number of rotatable bonds is 25. The van der Waals surface area contributed by atoms with Crippen molar-refractivity contribution in [3.63, 3.8) is 0 Å². The number of imidazole rings is 2. The van der Waals surface area contributed by atoms with Crippen molar-refractivity contribution in [1.29, 1.82) is 0 Å². The molecule has 12 aromatic heterocycles. The third kappa shape index (κ3) is 26.6. The summed E-state index contributed by atoms with van der Waals surface area (Å²) in [7, 11) is 6.57. The molecular weight excluding hydrogens is 1820 g/mol. The molecule has 778 valence electrons. The smallest absolute Gasteiger partial charge is 0.138 e. The molecule has 0 aromatic carbocycles. The van der Waals surface area contributed by atoms with Crippen LogP contribution in [0, 0.1) is 55.4 Å². The van der Waals surface area contributed by atoms with Crippen molar-refractivity contribution < 1.29 is 9.84 Å². The molecule has 10 fully saturated rings. The first-order valence-corrected chi connectivity index (χ1v) is 54.4. The standard InChI is InChI=1S/C24H32N6O.C23H30N6.C23H34N6.C22H32N6O.C22H32N6/c1-18-6-4-10-25-24(18)20-7-5-11-29(20)16-19-21(17-31)30-22(26-19)8-3-9-23(30)28-14-12-27(2)13-15-28;1-18-6-4-10-24-23(18)20-7-5-11-28(20)16-19-17-29-21(25-19)8-3-9-22(29)27-14-12-26(2)13-15-27;1-17(2)27-11-13-28(14-12-27)22-15-20(25-19(4)26-22)16-29-10-6-8-21(29)23-18(3)7-5-9-24-23;1-17-5-3-7-24-22(17)20-6-4-9-28(20)16-19-15-21(26-18(2)25-19)23-8-10-27-11-13-29-14-12-27;1-17-7-4-9-23-22(17)20-8-5-11-28(20)16-19-15-21(25-18(2)24-19)27-12-6-10-26(3)13-14-27/h3-4,6,8-10,20,31H,5,7,11-17H2,1-2H3;3-4,6,8-10,17,20H,5,7,11-16H2,1-2H3;5,7,9,15,17,21H,6,8,10-14,16H2,1-4H3;3,5,7,15,20H,4,6,8-14,16H2,1-2H3,(H,23,25,26);4,7,9,15,20H,5-6,8,10-14,16H2,1-3H3/t2*20-;21-;2*20-/m00000/s1. The number of piperazine rings is 3. The number of anilines is 5. The van der Waals surface area contributed by atoms with Gasteiger partial charge in [-0.3, -0.25) is 68.0 Å². The van der Waals surface area contributed by atoms with Crippen molar-refractivity contribution in [1.82, 2.24) is 123 Å². The number of aliphatic hydroxyl groups excluding tert-OH is 1. The lowest BCUT2D eigenvalue weighted by atomic mass is 10.1. The molecule has 10 aliphatic heterocycles. The van der Waals surface area contributed by atoms with Crippen LogP contribution in [0.3, 0.4) is 0 Å². The number of nitrogens with zero attached hydrogens (tertiary/aromatic N) is 29. The second-order valence-corrected chi connectivity index (χ2v) is 42.3. The van der Waals surface area contributed by atoms with E-state index in [1.54, 1.807) is 0 Å². The summed E-state index contributed by atoms with van der Waals surface area (Å²) >= 11 is 0. The Bertz CT molecular complexity index is 6200. The van der Waals surface area contributed by atoms with Crippen LogP contribution < -0.4 is 24.9 Å². The van der Waals surface area contributed by atoms with Gasteiger partial charge in [-0.1, -0.05) is 42.5 Å². The highest BCUT2D eigenvalue weighted by molar-refractivity contribution is 5.56. The fraction of sp³-hybridized carbons (Fsp3) is 0.553. The Kier molecular flexibility index (Phi) is 36.1. The minimum atomic E-state index is -0.0115. The van der Waals surface area contributed by atoms with Gasteiger partial charge in [0.25, 0.3) is 0 Å². The molecule has 32 heteroatoms. The van der Waals surface area contributed by atoms with E-state index in [2.05, 4.69) is 247 Å². The minimum Gasteiger partial charge on any atom is -0.390 e. The summed E-state index contributed by atoms with van der Waals surface area (Å²) in [6.45, 7) is 53.6. The summed E-state index contributed by atoms with van der Waals surface area (Å²) < 4.78 is 9.86. The second-order valence-electron chi connectivity index (χ2n) is 42.3. The first-order chi connectivity index (χ1) is 71.1. The number of ether oxygens (including phenoxy) is 1. The van der Waals surface area contributed by atoms with Gasteiger partial charge in [-0.2, -0.15) is 0 Å². The number of likely N-dealkylation sites (tertiary alicyclic amines) is 5. The molecule has 0 amide bonds. The predicted octanol–water partition coefficient (Wildman–Crippen LogP) is 14.6. The normalized spacial score (nSPS) is 21.2. The van der Waals surface area contributed by atoms with E-state index < -0.39 is 0 Å². The van der Waals surface area contributed by atoms with Gasteiger partial charge >= 0.3 is 0 Å². The number of fused-ring (bicyclic) bond motifs is 2. The third-order valence-electron chi connectivity index (χ3n) is 31.5. The molecule has 0 aliphatic carbocycles. The number of pyridine rings is 7. The summed E-state index contributed by atoms with van der Waals surface area (Å²) in [5, 5.41) is 13.8. The van der Waals surface area contributed by atoms with Crippen LogP contribution >= 0.6 is 0 Å². The maximum absolute atomic E-state index is 10.4. The van der Waals surface area contributed by atoms with Crippen LogP contribution in [0.15, 0.2) is 152 Å². The molecule has 12 aromatic rings. The molecule has 0 radical (unpaired) electrons. The molecular formula is C114H160N30O2. The van der Waals surface area contributed by atoms with Gasteiger partial charge in [-0.25, -0.2) is 39.9 Å². The van der Waals surface area contributed by atoms with E-state index in [1.807, 2.05) is 88.2 Å². The molecule has 10 saturated heterocycles. The van der Waals surface area contributed by atoms with Crippen LogP contribution in [0.25, 0.3) is 11.3 Å². The third-order valence-corrected chi connectivity index (χ3v) is 31.5. The summed E-state index contributed by atoms with van der Waals surface area (Å²) in [4.78, 5) is 96.2. The Morgan fingerprint density at radius 2 is 0.740 bits per heavy atom. The summed E-state index contributed by atoms with van der Waals surface area (Å²) in [5.74, 6) is 8.04. The van der Waals surface area contributed by atoms with E-state index in [1.165, 1.54) is 113 Å². The Balaban J connectivity index is 0.000000120. The van der Waals surface area contributed by atoms with Crippen molar-refractivity contribution in [3.8, 4) is 0 Å². The highest BCUT2D eigenvalue weighted by Crippen LogP contribution is 2.41. The van der Waals surface area contributed by atoms with Crippen molar-refractivity contribution in [2.45, 2.75) is 215 Å². The number of hydrogen-bond acceptors (Lipinski definition) is 30. The Morgan fingerprint density at radius 1 is 0.356 bits per heavy atom. The molecule has 22 heterocycles. The van der Waals surface area contributed by atoms with E-state index in [0.717, 1.165) is 315 Å². The predicted molar refractivity (Wildman–Crippen MR) is 582 cm³/mol. The topological polar surface area (TPSA) is 263 Å². The molecule has 0 saturated carbocycles. The molecule has 22 rings (SSSR count). The average Bonchev–Trinajstić information content (AvgIpc) is 1.61. The molecule has 0 bridgehead atoms. The van der Waals surface area contributed by atoms with Crippen LogP contribution in [-0.4, -0.2) is 332 Å². The highest BCUT2D eigenvalue weighted by atomic mass is 16.5. The molecule has 146 heavy (non-hydrogen) atoms. The summed E-state index contributed by atoms with van der Waals surface area (Å²) in [6, 6.07) is 42.7. The van der Waals surface area contributed by atoms with Gasteiger partial charge in [0.15, 0.2) is 0 Å². The monoisotopic (exact) mass is 1980 g/mol.